The number of fused-ring (bicyclic) bond motifs is 1. The van der Waals surface area contributed by atoms with E-state index in [4.69, 9.17) is 9.47 Å². The normalized spacial score (nSPS) is 38.4. The zero-order chi connectivity index (χ0) is 15.6. The van der Waals surface area contributed by atoms with Crippen molar-refractivity contribution in [2.45, 2.75) is 59.2 Å². The van der Waals surface area contributed by atoms with E-state index < -0.39 is 0 Å². The number of hydrogen-bond donors (Lipinski definition) is 0. The van der Waals surface area contributed by atoms with Gasteiger partial charge in [0, 0.05) is 19.3 Å². The van der Waals surface area contributed by atoms with Gasteiger partial charge in [-0.25, -0.2) is 0 Å². The Morgan fingerprint density at radius 1 is 1.38 bits per heavy atom. The Kier molecular flexibility index (Phi) is 4.86. The zero-order valence-electron chi connectivity index (χ0n) is 13.2. The molecule has 0 aromatic heterocycles. The molecule has 1 fully saturated rings. The lowest BCUT2D eigenvalue weighted by atomic mass is 9.84. The molecule has 0 spiro atoms. The summed E-state index contributed by atoms with van der Waals surface area (Å²) in [5.41, 5.74) is 2.22. The minimum atomic E-state index is -0.288. The summed E-state index contributed by atoms with van der Waals surface area (Å²) in [4.78, 5) is 23.1. The molecular formula is C17H24O4. The monoisotopic (exact) mass is 292 g/mol. The van der Waals surface area contributed by atoms with Crippen LogP contribution in [0.15, 0.2) is 23.3 Å². The van der Waals surface area contributed by atoms with E-state index >= 15 is 0 Å². The topological polar surface area (TPSA) is 52.6 Å². The Morgan fingerprint density at radius 2 is 2.10 bits per heavy atom. The van der Waals surface area contributed by atoms with Crippen molar-refractivity contribution in [3.05, 3.63) is 23.3 Å². The van der Waals surface area contributed by atoms with Crippen molar-refractivity contribution in [2.75, 3.05) is 0 Å². The Morgan fingerprint density at radius 3 is 2.76 bits per heavy atom. The van der Waals surface area contributed by atoms with E-state index in [1.807, 2.05) is 19.9 Å². The van der Waals surface area contributed by atoms with Crippen molar-refractivity contribution in [2.24, 2.45) is 11.8 Å². The van der Waals surface area contributed by atoms with Crippen molar-refractivity contribution >= 4 is 11.9 Å². The highest BCUT2D eigenvalue weighted by Gasteiger charge is 2.40. The van der Waals surface area contributed by atoms with Gasteiger partial charge >= 0.3 is 11.9 Å². The average molecular weight is 292 g/mol. The van der Waals surface area contributed by atoms with E-state index in [-0.39, 0.29) is 36.0 Å². The van der Waals surface area contributed by atoms with Crippen LogP contribution in [0.3, 0.4) is 0 Å². The number of carbonyl (C=O) groups is 2. The van der Waals surface area contributed by atoms with Crippen LogP contribution in [0.1, 0.15) is 47.0 Å². The van der Waals surface area contributed by atoms with Gasteiger partial charge in [-0.05, 0) is 38.3 Å². The fraction of sp³-hybridized carbons (Fsp3) is 0.647. The number of ether oxygens (including phenoxy) is 2. The third kappa shape index (κ3) is 3.74. The molecule has 0 radical (unpaired) electrons. The lowest BCUT2D eigenvalue weighted by Crippen LogP contribution is -2.23. The van der Waals surface area contributed by atoms with E-state index in [1.54, 1.807) is 0 Å². The first kappa shape index (κ1) is 15.8. The quantitative estimate of drug-likeness (QED) is 0.550. The van der Waals surface area contributed by atoms with Gasteiger partial charge in [0.1, 0.15) is 12.2 Å². The Bertz CT molecular complexity index is 489. The van der Waals surface area contributed by atoms with E-state index in [1.165, 1.54) is 12.5 Å². The number of allylic oxidation sites excluding steroid dienone is 1. The second-order valence-electron chi connectivity index (χ2n) is 6.19. The summed E-state index contributed by atoms with van der Waals surface area (Å²) in [7, 11) is 0. The molecule has 2 rings (SSSR count). The molecule has 0 unspecified atom stereocenters. The summed E-state index contributed by atoms with van der Waals surface area (Å²) >= 11 is 0. The molecule has 116 valence electrons. The lowest BCUT2D eigenvalue weighted by Gasteiger charge is -2.23. The summed E-state index contributed by atoms with van der Waals surface area (Å²) in [5.74, 6) is -0.284. The fourth-order valence-corrected chi connectivity index (χ4v) is 3.06. The minimum absolute atomic E-state index is 0.0709. The minimum Gasteiger partial charge on any atom is -0.458 e. The second kappa shape index (κ2) is 6.46. The fourth-order valence-electron chi connectivity index (χ4n) is 3.06. The van der Waals surface area contributed by atoms with Crippen LogP contribution in [-0.2, 0) is 19.1 Å². The third-order valence-electron chi connectivity index (χ3n) is 4.48. The first-order valence-electron chi connectivity index (χ1n) is 7.60. The summed E-state index contributed by atoms with van der Waals surface area (Å²) in [5, 5.41) is 0. The molecule has 0 N–H and O–H groups in total. The van der Waals surface area contributed by atoms with Gasteiger partial charge in [-0.1, -0.05) is 18.6 Å². The Hall–Kier alpha value is -1.58. The molecule has 0 bridgehead atoms. The summed E-state index contributed by atoms with van der Waals surface area (Å²) in [6, 6.07) is 0. The molecule has 1 aliphatic carbocycles. The molecule has 0 amide bonds. The molecular weight excluding hydrogens is 268 g/mol. The van der Waals surface area contributed by atoms with Gasteiger partial charge < -0.3 is 9.47 Å². The molecule has 4 atom stereocenters. The predicted octanol–water partition coefficient (Wildman–Crippen LogP) is 3.17. The second-order valence-corrected chi connectivity index (χ2v) is 6.19. The molecule has 0 aromatic rings. The molecule has 1 aliphatic heterocycles. The molecule has 4 nitrogen and oxygen atoms in total. The van der Waals surface area contributed by atoms with Gasteiger partial charge in [-0.3, -0.25) is 9.59 Å². The number of carbonyl (C=O) groups excluding carboxylic acids is 2. The molecule has 1 heterocycles. The van der Waals surface area contributed by atoms with Crippen LogP contribution in [0.2, 0.25) is 0 Å². The molecule has 0 aromatic carbocycles. The molecule has 2 aliphatic rings. The lowest BCUT2D eigenvalue weighted by molar-refractivity contribution is -0.145. The van der Waals surface area contributed by atoms with Crippen LogP contribution in [0.4, 0.5) is 0 Å². The van der Waals surface area contributed by atoms with Gasteiger partial charge in [0.2, 0.25) is 0 Å². The smallest absolute Gasteiger partial charge is 0.309 e. The molecule has 1 saturated heterocycles. The van der Waals surface area contributed by atoms with Crippen molar-refractivity contribution in [1.29, 1.82) is 0 Å². The molecule has 0 saturated carbocycles. The molecule has 21 heavy (non-hydrogen) atoms. The van der Waals surface area contributed by atoms with Crippen LogP contribution < -0.4 is 0 Å². The van der Waals surface area contributed by atoms with E-state index in [9.17, 15) is 9.59 Å². The first-order valence-corrected chi connectivity index (χ1v) is 7.60. The predicted molar refractivity (Wildman–Crippen MR) is 79.5 cm³/mol. The summed E-state index contributed by atoms with van der Waals surface area (Å²) in [6.07, 6.45) is 6.20. The number of esters is 2. The van der Waals surface area contributed by atoms with E-state index in [2.05, 4.69) is 13.0 Å². The van der Waals surface area contributed by atoms with Crippen LogP contribution in [0, 0.1) is 11.8 Å². The van der Waals surface area contributed by atoms with E-state index in [0.717, 1.165) is 18.4 Å². The highest BCUT2D eigenvalue weighted by molar-refractivity contribution is 5.75. The van der Waals surface area contributed by atoms with Gasteiger partial charge in [-0.15, -0.1) is 0 Å². The first-order chi connectivity index (χ1) is 9.88. The van der Waals surface area contributed by atoms with Crippen LogP contribution in [0.25, 0.3) is 0 Å². The highest BCUT2D eigenvalue weighted by Crippen LogP contribution is 2.35. The van der Waals surface area contributed by atoms with E-state index in [0.29, 0.717) is 6.42 Å². The van der Waals surface area contributed by atoms with Crippen molar-refractivity contribution in [1.82, 2.24) is 0 Å². The average Bonchev–Trinajstić information content (AvgIpc) is 2.66. The summed E-state index contributed by atoms with van der Waals surface area (Å²) in [6.45, 7) is 7.38. The maximum absolute atomic E-state index is 11.8. The van der Waals surface area contributed by atoms with Gasteiger partial charge in [0.05, 0.1) is 5.92 Å². The standard InChI is InChI=1S/C17H24O4/c1-10-5-7-14-12(3)17(19)21-16(14)9-11(2)15(8-6-10)20-13(4)18/h6,9,12,14-16H,5,7-8H2,1-4H3/b10-6+,11-9+/t12-,14+,15+,16-/m1/s1. The largest absolute Gasteiger partial charge is 0.458 e. The van der Waals surface area contributed by atoms with Crippen molar-refractivity contribution in [3.8, 4) is 0 Å². The van der Waals surface area contributed by atoms with Gasteiger partial charge in [0.25, 0.3) is 0 Å². The Labute approximate surface area is 126 Å². The van der Waals surface area contributed by atoms with Crippen LogP contribution >= 0.6 is 0 Å². The van der Waals surface area contributed by atoms with Crippen LogP contribution in [0.5, 0.6) is 0 Å². The maximum atomic E-state index is 11.8. The summed E-state index contributed by atoms with van der Waals surface area (Å²) < 4.78 is 10.9. The van der Waals surface area contributed by atoms with Gasteiger partial charge in [0.15, 0.2) is 0 Å². The van der Waals surface area contributed by atoms with Crippen molar-refractivity contribution in [3.63, 3.8) is 0 Å². The Balaban J connectivity index is 2.28. The maximum Gasteiger partial charge on any atom is 0.309 e. The SMILES string of the molecule is CC(=O)O[C@H]1C/C=C(\C)CC[C@@H]2[C@@H](/C=C/1C)OC(=O)[C@@H]2C. The highest BCUT2D eigenvalue weighted by atomic mass is 16.6. The number of rotatable bonds is 1. The van der Waals surface area contributed by atoms with Crippen LogP contribution in [-0.4, -0.2) is 24.1 Å². The number of hydrogen-bond acceptors (Lipinski definition) is 4. The van der Waals surface area contributed by atoms with Gasteiger partial charge in [-0.2, -0.15) is 0 Å². The molecule has 4 heteroatoms. The zero-order valence-corrected chi connectivity index (χ0v) is 13.2. The third-order valence-corrected chi connectivity index (χ3v) is 4.48. The van der Waals surface area contributed by atoms with Crippen molar-refractivity contribution < 1.29 is 19.1 Å².